The first-order chi connectivity index (χ1) is 12.8. The van der Waals surface area contributed by atoms with Gasteiger partial charge in [0.2, 0.25) is 5.91 Å². The van der Waals surface area contributed by atoms with Gasteiger partial charge in [0.05, 0.1) is 0 Å². The zero-order valence-electron chi connectivity index (χ0n) is 15.6. The van der Waals surface area contributed by atoms with Gasteiger partial charge in [0.15, 0.2) is 0 Å². The number of alkyl halides is 3. The third-order valence-corrected chi connectivity index (χ3v) is 5.12. The summed E-state index contributed by atoms with van der Waals surface area (Å²) in [6.45, 7) is 3.39. The summed E-state index contributed by atoms with van der Waals surface area (Å²) in [6.07, 6.45) is 2.78. The fraction of sp³-hybridized carbons (Fsp3) is 0.667. The maximum atomic E-state index is 12.8. The standard InChI is InChI=1S/C18H24F3N5O/c1-11-14(9-10-15(27)23-13-7-5-3-4-6-8-13)12(2)26-17(22-11)24-16(25-26)18(19,20)21/h13H,3-10H2,1-2H3,(H,23,27). The molecule has 6 nitrogen and oxygen atoms in total. The van der Waals surface area contributed by atoms with E-state index in [1.54, 1.807) is 13.8 Å². The lowest BCUT2D eigenvalue weighted by atomic mass is 10.1. The lowest BCUT2D eigenvalue weighted by molar-refractivity contribution is -0.144. The molecule has 1 aliphatic carbocycles. The molecule has 148 valence electrons. The Labute approximate surface area is 155 Å². The van der Waals surface area contributed by atoms with E-state index in [1.807, 2.05) is 0 Å². The van der Waals surface area contributed by atoms with Gasteiger partial charge >= 0.3 is 6.18 Å². The molecule has 27 heavy (non-hydrogen) atoms. The molecular formula is C18H24F3N5O. The third-order valence-electron chi connectivity index (χ3n) is 5.12. The number of amides is 1. The summed E-state index contributed by atoms with van der Waals surface area (Å²) in [7, 11) is 0. The number of nitrogens with zero attached hydrogens (tertiary/aromatic N) is 4. The Morgan fingerprint density at radius 3 is 2.44 bits per heavy atom. The van der Waals surface area contributed by atoms with Gasteiger partial charge in [-0.2, -0.15) is 18.2 Å². The molecule has 0 spiro atoms. The van der Waals surface area contributed by atoms with Crippen molar-refractivity contribution in [3.05, 3.63) is 22.8 Å². The number of aryl methyl sites for hydroxylation is 2. The monoisotopic (exact) mass is 383 g/mol. The smallest absolute Gasteiger partial charge is 0.353 e. The van der Waals surface area contributed by atoms with Crippen LogP contribution in [0.2, 0.25) is 0 Å². The van der Waals surface area contributed by atoms with E-state index in [4.69, 9.17) is 0 Å². The first kappa shape index (κ1) is 19.6. The van der Waals surface area contributed by atoms with Gasteiger partial charge in [-0.05, 0) is 38.7 Å². The second-order valence-electron chi connectivity index (χ2n) is 7.16. The molecule has 0 aromatic carbocycles. The molecular weight excluding hydrogens is 359 g/mol. The van der Waals surface area contributed by atoms with E-state index in [0.717, 1.165) is 35.8 Å². The molecule has 1 amide bonds. The van der Waals surface area contributed by atoms with E-state index in [0.29, 0.717) is 17.8 Å². The molecule has 0 aliphatic heterocycles. The van der Waals surface area contributed by atoms with E-state index in [-0.39, 0.29) is 24.1 Å². The number of aromatic nitrogens is 4. The molecule has 2 aromatic rings. The van der Waals surface area contributed by atoms with Gasteiger partial charge in [-0.1, -0.05) is 25.7 Å². The average Bonchev–Trinajstić information content (AvgIpc) is 2.86. The minimum atomic E-state index is -4.62. The summed E-state index contributed by atoms with van der Waals surface area (Å²) in [4.78, 5) is 19.9. The molecule has 3 rings (SSSR count). The Kier molecular flexibility index (Phi) is 5.67. The topological polar surface area (TPSA) is 72.2 Å². The predicted molar refractivity (Wildman–Crippen MR) is 93.2 cm³/mol. The average molecular weight is 383 g/mol. The van der Waals surface area contributed by atoms with E-state index < -0.39 is 12.0 Å². The molecule has 9 heteroatoms. The molecule has 0 atom stereocenters. The molecule has 1 aliphatic rings. The zero-order chi connectivity index (χ0) is 19.6. The van der Waals surface area contributed by atoms with Crippen LogP contribution in [0.1, 0.15) is 67.7 Å². The van der Waals surface area contributed by atoms with Crippen LogP contribution in [0.5, 0.6) is 0 Å². The van der Waals surface area contributed by atoms with Crippen molar-refractivity contribution in [1.29, 1.82) is 0 Å². The van der Waals surface area contributed by atoms with Gasteiger partial charge < -0.3 is 5.32 Å². The predicted octanol–water partition coefficient (Wildman–Crippen LogP) is 3.53. The highest BCUT2D eigenvalue weighted by Gasteiger charge is 2.37. The maximum absolute atomic E-state index is 12.8. The Morgan fingerprint density at radius 1 is 1.15 bits per heavy atom. The minimum Gasteiger partial charge on any atom is -0.353 e. The molecule has 0 bridgehead atoms. The van der Waals surface area contributed by atoms with Crippen LogP contribution in [0.25, 0.3) is 5.78 Å². The van der Waals surface area contributed by atoms with Gasteiger partial charge in [0.25, 0.3) is 11.6 Å². The molecule has 1 N–H and O–H groups in total. The summed E-state index contributed by atoms with van der Waals surface area (Å²) in [5.41, 5.74) is 1.84. The third kappa shape index (κ3) is 4.56. The van der Waals surface area contributed by atoms with Crippen molar-refractivity contribution < 1.29 is 18.0 Å². The Balaban J connectivity index is 1.71. The van der Waals surface area contributed by atoms with Crippen LogP contribution in [-0.2, 0) is 17.4 Å². The van der Waals surface area contributed by atoms with Gasteiger partial charge in [-0.25, -0.2) is 9.50 Å². The number of carbonyl (C=O) groups is 1. The highest BCUT2D eigenvalue weighted by Crippen LogP contribution is 2.27. The van der Waals surface area contributed by atoms with Crippen LogP contribution < -0.4 is 5.32 Å². The number of halogens is 3. The lowest BCUT2D eigenvalue weighted by Gasteiger charge is -2.16. The summed E-state index contributed by atoms with van der Waals surface area (Å²) in [5, 5.41) is 6.62. The highest BCUT2D eigenvalue weighted by molar-refractivity contribution is 5.76. The fourth-order valence-corrected chi connectivity index (χ4v) is 3.65. The zero-order valence-corrected chi connectivity index (χ0v) is 15.6. The van der Waals surface area contributed by atoms with Gasteiger partial charge in [0, 0.05) is 23.9 Å². The number of nitrogens with one attached hydrogen (secondary N) is 1. The highest BCUT2D eigenvalue weighted by atomic mass is 19.4. The Bertz CT molecular complexity index is 822. The van der Waals surface area contributed by atoms with Crippen molar-refractivity contribution in [3.63, 3.8) is 0 Å². The quantitative estimate of drug-likeness (QED) is 0.820. The Morgan fingerprint density at radius 2 is 1.81 bits per heavy atom. The molecule has 1 saturated carbocycles. The van der Waals surface area contributed by atoms with Crippen molar-refractivity contribution >= 4 is 11.7 Å². The van der Waals surface area contributed by atoms with Crippen molar-refractivity contribution in [2.45, 2.75) is 77.4 Å². The van der Waals surface area contributed by atoms with Crippen molar-refractivity contribution in [2.24, 2.45) is 0 Å². The van der Waals surface area contributed by atoms with Crippen LogP contribution in [-0.4, -0.2) is 31.5 Å². The van der Waals surface area contributed by atoms with Gasteiger partial charge in [-0.3, -0.25) is 4.79 Å². The van der Waals surface area contributed by atoms with Crippen molar-refractivity contribution in [2.75, 3.05) is 0 Å². The SMILES string of the molecule is Cc1nc2nc(C(F)(F)F)nn2c(C)c1CCC(=O)NC1CCCCCC1. The lowest BCUT2D eigenvalue weighted by Crippen LogP contribution is -2.34. The Hall–Kier alpha value is -2.19. The normalized spacial score (nSPS) is 16.5. The molecule has 2 heterocycles. The van der Waals surface area contributed by atoms with Crippen LogP contribution in [0.3, 0.4) is 0 Å². The van der Waals surface area contributed by atoms with E-state index >= 15 is 0 Å². The van der Waals surface area contributed by atoms with Gasteiger partial charge in [0.1, 0.15) is 0 Å². The first-order valence-electron chi connectivity index (χ1n) is 9.35. The number of hydrogen-bond acceptors (Lipinski definition) is 4. The molecule has 0 unspecified atom stereocenters. The summed E-state index contributed by atoms with van der Waals surface area (Å²) in [6, 6.07) is 0.229. The number of hydrogen-bond donors (Lipinski definition) is 1. The van der Waals surface area contributed by atoms with Crippen molar-refractivity contribution in [3.8, 4) is 0 Å². The number of carbonyl (C=O) groups excluding carboxylic acids is 1. The summed E-state index contributed by atoms with van der Waals surface area (Å²) in [5.74, 6) is -1.32. The summed E-state index contributed by atoms with van der Waals surface area (Å²) >= 11 is 0. The van der Waals surface area contributed by atoms with E-state index in [1.165, 1.54) is 12.8 Å². The molecule has 1 fully saturated rings. The molecule has 2 aromatic heterocycles. The molecule has 0 saturated heterocycles. The van der Waals surface area contributed by atoms with Crippen LogP contribution >= 0.6 is 0 Å². The largest absolute Gasteiger partial charge is 0.453 e. The van der Waals surface area contributed by atoms with Crippen LogP contribution in [0, 0.1) is 13.8 Å². The first-order valence-corrected chi connectivity index (χ1v) is 9.35. The fourth-order valence-electron chi connectivity index (χ4n) is 3.65. The molecule has 0 radical (unpaired) electrons. The minimum absolute atomic E-state index is 0.0321. The van der Waals surface area contributed by atoms with E-state index in [9.17, 15) is 18.0 Å². The second-order valence-corrected chi connectivity index (χ2v) is 7.16. The number of fused-ring (bicyclic) bond motifs is 1. The van der Waals surface area contributed by atoms with Crippen LogP contribution in [0.4, 0.5) is 13.2 Å². The van der Waals surface area contributed by atoms with Crippen LogP contribution in [0.15, 0.2) is 0 Å². The van der Waals surface area contributed by atoms with E-state index in [2.05, 4.69) is 20.4 Å². The summed E-state index contributed by atoms with van der Waals surface area (Å²) < 4.78 is 39.6. The van der Waals surface area contributed by atoms with Crippen molar-refractivity contribution in [1.82, 2.24) is 24.9 Å². The van der Waals surface area contributed by atoms with Gasteiger partial charge in [-0.15, -0.1) is 5.10 Å². The number of rotatable bonds is 4. The second kappa shape index (κ2) is 7.82. The maximum Gasteiger partial charge on any atom is 0.453 e.